The zero-order chi connectivity index (χ0) is 10.2. The Labute approximate surface area is 98.0 Å². The Morgan fingerprint density at radius 1 is 1.40 bits per heavy atom. The summed E-state index contributed by atoms with van der Waals surface area (Å²) in [6, 6.07) is 0.365. The molecule has 88 valence electrons. The number of halogens is 1. The zero-order valence-corrected chi connectivity index (χ0v) is 10.4. The van der Waals surface area contributed by atoms with Crippen LogP contribution in [0.2, 0.25) is 0 Å². The predicted molar refractivity (Wildman–Crippen MR) is 63.3 cm³/mol. The molecule has 2 rings (SSSR count). The summed E-state index contributed by atoms with van der Waals surface area (Å²) in [5.74, 6) is 0.389. The number of rotatable bonds is 1. The highest BCUT2D eigenvalue weighted by atomic mass is 35.5. The molecule has 1 unspecified atom stereocenters. The molecule has 0 aromatic heterocycles. The first-order valence-electron chi connectivity index (χ1n) is 5.67. The summed E-state index contributed by atoms with van der Waals surface area (Å²) in [4.78, 5) is 14.2. The van der Waals surface area contributed by atoms with Gasteiger partial charge >= 0.3 is 0 Å². The van der Waals surface area contributed by atoms with Crippen LogP contribution in [-0.4, -0.2) is 36.5 Å². The van der Waals surface area contributed by atoms with Crippen LogP contribution >= 0.6 is 12.4 Å². The van der Waals surface area contributed by atoms with Crippen molar-refractivity contribution in [1.29, 1.82) is 0 Å². The molecule has 1 spiro atoms. The second-order valence-corrected chi connectivity index (χ2v) is 4.90. The maximum atomic E-state index is 12.2. The maximum absolute atomic E-state index is 12.2. The first-order chi connectivity index (χ1) is 6.66. The monoisotopic (exact) mass is 232 g/mol. The second kappa shape index (κ2) is 4.71. The van der Waals surface area contributed by atoms with Crippen LogP contribution in [0.25, 0.3) is 0 Å². The van der Waals surface area contributed by atoms with Gasteiger partial charge in [-0.1, -0.05) is 0 Å². The molecule has 4 heteroatoms. The van der Waals surface area contributed by atoms with Gasteiger partial charge in [0, 0.05) is 19.1 Å². The van der Waals surface area contributed by atoms with Crippen molar-refractivity contribution in [1.82, 2.24) is 10.2 Å². The van der Waals surface area contributed by atoms with Crippen molar-refractivity contribution in [2.24, 2.45) is 5.41 Å². The topological polar surface area (TPSA) is 32.3 Å². The molecule has 1 amide bonds. The first kappa shape index (κ1) is 12.8. The average molecular weight is 233 g/mol. The van der Waals surface area contributed by atoms with Crippen LogP contribution in [0.5, 0.6) is 0 Å². The molecule has 0 aliphatic carbocycles. The minimum Gasteiger partial charge on any atom is -0.340 e. The molecule has 0 saturated carbocycles. The third-order valence-electron chi connectivity index (χ3n) is 3.64. The van der Waals surface area contributed by atoms with E-state index in [0.717, 1.165) is 38.9 Å². The Hall–Kier alpha value is -0.280. The van der Waals surface area contributed by atoms with Crippen LogP contribution in [-0.2, 0) is 4.79 Å². The normalized spacial score (nSPS) is 31.1. The van der Waals surface area contributed by atoms with E-state index in [1.54, 1.807) is 0 Å². The fourth-order valence-corrected chi connectivity index (χ4v) is 2.70. The van der Waals surface area contributed by atoms with Crippen LogP contribution in [0.4, 0.5) is 0 Å². The van der Waals surface area contributed by atoms with E-state index in [1.807, 2.05) is 4.90 Å². The molecular formula is C11H21ClN2O. The van der Waals surface area contributed by atoms with Gasteiger partial charge in [-0.05, 0) is 39.7 Å². The number of hydrogen-bond donors (Lipinski definition) is 1. The van der Waals surface area contributed by atoms with Gasteiger partial charge in [0.05, 0.1) is 5.41 Å². The van der Waals surface area contributed by atoms with Crippen molar-refractivity contribution in [3.8, 4) is 0 Å². The minimum absolute atomic E-state index is 0. The summed E-state index contributed by atoms with van der Waals surface area (Å²) in [5.41, 5.74) is -0.0392. The number of likely N-dealkylation sites (tertiary alicyclic amines) is 1. The Balaban J connectivity index is 0.00000112. The van der Waals surface area contributed by atoms with Gasteiger partial charge in [-0.15, -0.1) is 12.4 Å². The maximum Gasteiger partial charge on any atom is 0.230 e. The lowest BCUT2D eigenvalue weighted by molar-refractivity contribution is -0.138. The van der Waals surface area contributed by atoms with Crippen molar-refractivity contribution in [2.45, 2.75) is 39.2 Å². The Kier molecular flexibility index (Phi) is 4.01. The number of nitrogens with one attached hydrogen (secondary N) is 1. The highest BCUT2D eigenvalue weighted by Gasteiger charge is 2.47. The van der Waals surface area contributed by atoms with Crippen LogP contribution in [0.15, 0.2) is 0 Å². The van der Waals surface area contributed by atoms with E-state index < -0.39 is 0 Å². The fourth-order valence-electron chi connectivity index (χ4n) is 2.70. The summed E-state index contributed by atoms with van der Waals surface area (Å²) in [6.07, 6.45) is 3.29. The molecule has 2 aliphatic rings. The molecule has 3 nitrogen and oxygen atoms in total. The third kappa shape index (κ3) is 2.13. The lowest BCUT2D eigenvalue weighted by Crippen LogP contribution is -2.46. The molecule has 0 aromatic rings. The van der Waals surface area contributed by atoms with Crippen molar-refractivity contribution < 1.29 is 4.79 Å². The number of amides is 1. The van der Waals surface area contributed by atoms with E-state index in [0.29, 0.717) is 11.9 Å². The summed E-state index contributed by atoms with van der Waals surface area (Å²) in [6.45, 7) is 7.14. The van der Waals surface area contributed by atoms with Gasteiger partial charge in [0.2, 0.25) is 5.91 Å². The molecule has 2 fully saturated rings. The van der Waals surface area contributed by atoms with E-state index in [2.05, 4.69) is 19.2 Å². The number of piperidine rings is 1. The van der Waals surface area contributed by atoms with Gasteiger partial charge in [0.25, 0.3) is 0 Å². The quantitative estimate of drug-likeness (QED) is 0.742. The first-order valence-corrected chi connectivity index (χ1v) is 5.67. The molecule has 1 atom stereocenters. The number of hydrogen-bond acceptors (Lipinski definition) is 2. The highest BCUT2D eigenvalue weighted by molar-refractivity contribution is 5.85. The second-order valence-electron chi connectivity index (χ2n) is 4.90. The van der Waals surface area contributed by atoms with E-state index in [9.17, 15) is 4.79 Å². The van der Waals surface area contributed by atoms with Gasteiger partial charge in [0.15, 0.2) is 0 Å². The molecule has 15 heavy (non-hydrogen) atoms. The van der Waals surface area contributed by atoms with Crippen LogP contribution in [0.1, 0.15) is 33.1 Å². The number of carbonyl (C=O) groups excluding carboxylic acids is 1. The lowest BCUT2D eigenvalue weighted by Gasteiger charge is -2.33. The SMILES string of the molecule is CC(C)N1CCC2(CCCNC2)C1=O.Cl. The minimum atomic E-state index is -0.0392. The van der Waals surface area contributed by atoms with Crippen LogP contribution in [0, 0.1) is 5.41 Å². The molecule has 2 saturated heterocycles. The summed E-state index contributed by atoms with van der Waals surface area (Å²) in [7, 11) is 0. The van der Waals surface area contributed by atoms with E-state index >= 15 is 0 Å². The van der Waals surface area contributed by atoms with Gasteiger partial charge in [-0.3, -0.25) is 4.79 Å². The van der Waals surface area contributed by atoms with Crippen molar-refractivity contribution in [3.63, 3.8) is 0 Å². The van der Waals surface area contributed by atoms with Crippen LogP contribution < -0.4 is 5.32 Å². The Morgan fingerprint density at radius 3 is 2.60 bits per heavy atom. The lowest BCUT2D eigenvalue weighted by atomic mass is 9.79. The number of carbonyl (C=O) groups is 1. The van der Waals surface area contributed by atoms with Gasteiger partial charge < -0.3 is 10.2 Å². The molecule has 2 aliphatic heterocycles. The Morgan fingerprint density at radius 2 is 2.13 bits per heavy atom. The molecule has 0 aromatic carbocycles. The largest absolute Gasteiger partial charge is 0.340 e. The predicted octanol–water partition coefficient (Wildman–Crippen LogP) is 1.42. The summed E-state index contributed by atoms with van der Waals surface area (Å²) in [5, 5.41) is 3.36. The molecule has 2 heterocycles. The van der Waals surface area contributed by atoms with Crippen molar-refractivity contribution in [3.05, 3.63) is 0 Å². The van der Waals surface area contributed by atoms with Crippen LogP contribution in [0.3, 0.4) is 0 Å². The molecule has 0 radical (unpaired) electrons. The van der Waals surface area contributed by atoms with Gasteiger partial charge in [-0.25, -0.2) is 0 Å². The van der Waals surface area contributed by atoms with Crippen molar-refractivity contribution in [2.75, 3.05) is 19.6 Å². The van der Waals surface area contributed by atoms with Crippen molar-refractivity contribution >= 4 is 18.3 Å². The molecule has 0 bridgehead atoms. The number of nitrogens with zero attached hydrogens (tertiary/aromatic N) is 1. The fraction of sp³-hybridized carbons (Fsp3) is 0.909. The Bertz CT molecular complexity index is 237. The standard InChI is InChI=1S/C11H20N2O.ClH/c1-9(2)13-7-5-11(10(13)14)4-3-6-12-8-11;/h9,12H,3-8H2,1-2H3;1H. The third-order valence-corrected chi connectivity index (χ3v) is 3.64. The summed E-state index contributed by atoms with van der Waals surface area (Å²) < 4.78 is 0. The van der Waals surface area contributed by atoms with Gasteiger partial charge in [-0.2, -0.15) is 0 Å². The summed E-state index contributed by atoms with van der Waals surface area (Å²) >= 11 is 0. The van der Waals surface area contributed by atoms with E-state index in [-0.39, 0.29) is 17.8 Å². The van der Waals surface area contributed by atoms with E-state index in [1.165, 1.54) is 0 Å². The smallest absolute Gasteiger partial charge is 0.230 e. The molecule has 1 N–H and O–H groups in total. The average Bonchev–Trinajstić information content (AvgIpc) is 2.46. The highest BCUT2D eigenvalue weighted by Crippen LogP contribution is 2.38. The van der Waals surface area contributed by atoms with E-state index in [4.69, 9.17) is 0 Å². The molecular weight excluding hydrogens is 212 g/mol. The zero-order valence-electron chi connectivity index (χ0n) is 9.58. The van der Waals surface area contributed by atoms with Gasteiger partial charge in [0.1, 0.15) is 0 Å².